The van der Waals surface area contributed by atoms with Crippen molar-refractivity contribution in [3.05, 3.63) is 17.5 Å². The van der Waals surface area contributed by atoms with E-state index in [1.54, 1.807) is 0 Å². The third-order valence-electron chi connectivity index (χ3n) is 3.20. The van der Waals surface area contributed by atoms with Crippen LogP contribution in [0.15, 0.2) is 10.6 Å². The van der Waals surface area contributed by atoms with Crippen molar-refractivity contribution in [2.24, 2.45) is 0 Å². The minimum Gasteiger partial charge on any atom is -0.361 e. The van der Waals surface area contributed by atoms with E-state index in [4.69, 9.17) is 4.52 Å². The second kappa shape index (κ2) is 7.54. The van der Waals surface area contributed by atoms with Crippen LogP contribution in [0.4, 0.5) is 0 Å². The van der Waals surface area contributed by atoms with Crippen LogP contribution in [0.5, 0.6) is 0 Å². The summed E-state index contributed by atoms with van der Waals surface area (Å²) in [6.45, 7) is 14.9. The molecule has 0 fully saturated rings. The van der Waals surface area contributed by atoms with E-state index in [0.29, 0.717) is 12.0 Å². The molecule has 18 heavy (non-hydrogen) atoms. The first-order chi connectivity index (χ1) is 8.56. The van der Waals surface area contributed by atoms with Crippen molar-refractivity contribution in [3.63, 3.8) is 0 Å². The molecule has 1 atom stereocenters. The maximum atomic E-state index is 5.28. The van der Waals surface area contributed by atoms with Crippen LogP contribution < -0.4 is 5.32 Å². The lowest BCUT2D eigenvalue weighted by Gasteiger charge is -2.23. The van der Waals surface area contributed by atoms with E-state index in [9.17, 15) is 0 Å². The normalized spacial score (nSPS) is 13.5. The quantitative estimate of drug-likeness (QED) is 0.773. The van der Waals surface area contributed by atoms with Crippen LogP contribution in [0.25, 0.3) is 0 Å². The van der Waals surface area contributed by atoms with Crippen molar-refractivity contribution >= 4 is 0 Å². The first kappa shape index (κ1) is 15.2. The molecule has 0 aromatic carbocycles. The van der Waals surface area contributed by atoms with E-state index in [2.05, 4.69) is 50.0 Å². The van der Waals surface area contributed by atoms with E-state index in [1.165, 1.54) is 0 Å². The fourth-order valence-corrected chi connectivity index (χ4v) is 1.90. The minimum absolute atomic E-state index is 0.402. The first-order valence-corrected chi connectivity index (χ1v) is 6.98. The van der Waals surface area contributed by atoms with Crippen LogP contribution in [0.1, 0.15) is 52.0 Å². The summed E-state index contributed by atoms with van der Waals surface area (Å²) in [7, 11) is 0. The lowest BCUT2D eigenvalue weighted by molar-refractivity contribution is 0.269. The fraction of sp³-hybridized carbons (Fsp3) is 0.786. The van der Waals surface area contributed by atoms with Crippen molar-refractivity contribution in [3.8, 4) is 0 Å². The number of likely N-dealkylation sites (N-methyl/N-ethyl adjacent to an activating group) is 1. The lowest BCUT2D eigenvalue weighted by Crippen LogP contribution is -2.38. The molecule has 0 radical (unpaired) electrons. The Morgan fingerprint density at radius 3 is 2.44 bits per heavy atom. The van der Waals surface area contributed by atoms with E-state index in [-0.39, 0.29) is 0 Å². The summed E-state index contributed by atoms with van der Waals surface area (Å²) >= 11 is 0. The van der Waals surface area contributed by atoms with E-state index in [1.807, 2.05) is 6.07 Å². The SMILES string of the molecule is CCN(CC)CC(C)NCc1cc(C(C)C)on1. The molecular weight excluding hydrogens is 226 g/mol. The Morgan fingerprint density at radius 2 is 1.94 bits per heavy atom. The van der Waals surface area contributed by atoms with Gasteiger partial charge in [0.1, 0.15) is 5.76 Å². The maximum absolute atomic E-state index is 5.28. The maximum Gasteiger partial charge on any atom is 0.139 e. The summed E-state index contributed by atoms with van der Waals surface area (Å²) < 4.78 is 5.28. The molecule has 1 unspecified atom stereocenters. The summed E-state index contributed by atoms with van der Waals surface area (Å²) in [6, 6.07) is 2.51. The van der Waals surface area contributed by atoms with Gasteiger partial charge in [-0.15, -0.1) is 0 Å². The Bertz CT molecular complexity index is 332. The van der Waals surface area contributed by atoms with Crippen LogP contribution in [0, 0.1) is 0 Å². The summed E-state index contributed by atoms with van der Waals surface area (Å²) in [4.78, 5) is 2.42. The first-order valence-electron chi connectivity index (χ1n) is 6.98. The topological polar surface area (TPSA) is 41.3 Å². The molecule has 1 heterocycles. The average molecular weight is 253 g/mol. The van der Waals surface area contributed by atoms with Gasteiger partial charge in [-0.2, -0.15) is 0 Å². The van der Waals surface area contributed by atoms with Crippen molar-refractivity contribution in [2.45, 2.75) is 53.1 Å². The van der Waals surface area contributed by atoms with Gasteiger partial charge < -0.3 is 14.7 Å². The monoisotopic (exact) mass is 253 g/mol. The second-order valence-electron chi connectivity index (χ2n) is 5.14. The molecule has 1 N–H and O–H groups in total. The van der Waals surface area contributed by atoms with Gasteiger partial charge in [-0.25, -0.2) is 0 Å². The molecule has 4 heteroatoms. The Morgan fingerprint density at radius 1 is 1.28 bits per heavy atom. The number of aromatic nitrogens is 1. The molecule has 0 saturated carbocycles. The minimum atomic E-state index is 0.402. The Labute approximate surface area is 111 Å². The zero-order chi connectivity index (χ0) is 13.5. The van der Waals surface area contributed by atoms with E-state index in [0.717, 1.165) is 37.6 Å². The molecule has 1 aromatic rings. The molecule has 0 amide bonds. The van der Waals surface area contributed by atoms with Crippen LogP contribution in [-0.4, -0.2) is 35.7 Å². The van der Waals surface area contributed by atoms with Crippen molar-refractivity contribution < 1.29 is 4.52 Å². The standard InChI is InChI=1S/C14H27N3O/c1-6-17(7-2)10-12(5)15-9-13-8-14(11(3)4)18-16-13/h8,11-12,15H,6-7,9-10H2,1-5H3. The predicted octanol–water partition coefficient (Wildman–Crippen LogP) is 2.62. The summed E-state index contributed by atoms with van der Waals surface area (Å²) in [5.74, 6) is 1.36. The zero-order valence-corrected chi connectivity index (χ0v) is 12.4. The lowest BCUT2D eigenvalue weighted by atomic mass is 10.1. The molecular formula is C14H27N3O. The molecule has 0 aliphatic heterocycles. The van der Waals surface area contributed by atoms with E-state index < -0.39 is 0 Å². The molecule has 104 valence electrons. The largest absolute Gasteiger partial charge is 0.361 e. The third-order valence-corrected chi connectivity index (χ3v) is 3.20. The number of nitrogens with one attached hydrogen (secondary N) is 1. The van der Waals surface area contributed by atoms with Gasteiger partial charge in [-0.1, -0.05) is 32.9 Å². The van der Waals surface area contributed by atoms with Gasteiger partial charge in [-0.05, 0) is 20.0 Å². The third kappa shape index (κ3) is 4.78. The predicted molar refractivity (Wildman–Crippen MR) is 74.7 cm³/mol. The van der Waals surface area contributed by atoms with Crippen molar-refractivity contribution in [1.82, 2.24) is 15.4 Å². The van der Waals surface area contributed by atoms with Crippen LogP contribution in [0.3, 0.4) is 0 Å². The number of hydrogen-bond acceptors (Lipinski definition) is 4. The van der Waals surface area contributed by atoms with Gasteiger partial charge in [-0.3, -0.25) is 0 Å². The van der Waals surface area contributed by atoms with E-state index >= 15 is 0 Å². The van der Waals surface area contributed by atoms with Crippen LogP contribution in [0.2, 0.25) is 0 Å². The average Bonchev–Trinajstić information content (AvgIpc) is 2.82. The van der Waals surface area contributed by atoms with Gasteiger partial charge in [0.2, 0.25) is 0 Å². The number of hydrogen-bond donors (Lipinski definition) is 1. The molecule has 0 saturated heterocycles. The molecule has 1 aromatic heterocycles. The van der Waals surface area contributed by atoms with Gasteiger partial charge >= 0.3 is 0 Å². The van der Waals surface area contributed by atoms with Gasteiger partial charge in [0.25, 0.3) is 0 Å². The highest BCUT2D eigenvalue weighted by atomic mass is 16.5. The Balaban J connectivity index is 2.35. The van der Waals surface area contributed by atoms with Gasteiger partial charge in [0, 0.05) is 31.1 Å². The highest BCUT2D eigenvalue weighted by Crippen LogP contribution is 2.14. The fourth-order valence-electron chi connectivity index (χ4n) is 1.90. The molecule has 0 bridgehead atoms. The molecule has 0 spiro atoms. The molecule has 0 aliphatic carbocycles. The van der Waals surface area contributed by atoms with Crippen molar-refractivity contribution in [1.29, 1.82) is 0 Å². The highest BCUT2D eigenvalue weighted by molar-refractivity contribution is 5.08. The number of rotatable bonds is 8. The Kier molecular flexibility index (Phi) is 6.36. The summed E-state index contributed by atoms with van der Waals surface area (Å²) in [5.41, 5.74) is 0.991. The molecule has 1 rings (SSSR count). The summed E-state index contributed by atoms with van der Waals surface area (Å²) in [5, 5.41) is 7.56. The molecule has 4 nitrogen and oxygen atoms in total. The highest BCUT2D eigenvalue weighted by Gasteiger charge is 2.10. The van der Waals surface area contributed by atoms with Crippen molar-refractivity contribution in [2.75, 3.05) is 19.6 Å². The molecule has 0 aliphatic rings. The van der Waals surface area contributed by atoms with Crippen LogP contribution in [-0.2, 0) is 6.54 Å². The zero-order valence-electron chi connectivity index (χ0n) is 12.4. The van der Waals surface area contributed by atoms with Crippen LogP contribution >= 0.6 is 0 Å². The van der Waals surface area contributed by atoms with Gasteiger partial charge in [0.15, 0.2) is 0 Å². The Hall–Kier alpha value is -0.870. The smallest absolute Gasteiger partial charge is 0.139 e. The summed E-state index contributed by atoms with van der Waals surface area (Å²) in [6.07, 6.45) is 0. The second-order valence-corrected chi connectivity index (χ2v) is 5.14. The van der Waals surface area contributed by atoms with Gasteiger partial charge in [0.05, 0.1) is 5.69 Å². The number of nitrogens with zero attached hydrogens (tertiary/aromatic N) is 2.